The summed E-state index contributed by atoms with van der Waals surface area (Å²) in [6, 6.07) is 12.6. The standard InChI is InChI=1S/C25H29ClN4O4/c1-17-4-7-20(14-22(17)27-18(2)31)28-23(32)15-29-12-3-10-25(11-13-29)16-30(24(33)34-25)21-8-5-19(26)6-9-21/h4-9,14H,3,10-13,15-16H2,1-2H3,(H,27,31)(H,28,32)/t25-/m0/s1. The number of benzene rings is 2. The van der Waals surface area contributed by atoms with Gasteiger partial charge in [0.2, 0.25) is 11.8 Å². The number of amides is 3. The topological polar surface area (TPSA) is 91.0 Å². The lowest BCUT2D eigenvalue weighted by atomic mass is 9.95. The predicted octanol–water partition coefficient (Wildman–Crippen LogP) is 4.43. The van der Waals surface area contributed by atoms with Crippen LogP contribution in [0.2, 0.25) is 5.02 Å². The van der Waals surface area contributed by atoms with Crippen LogP contribution in [-0.2, 0) is 14.3 Å². The van der Waals surface area contributed by atoms with E-state index in [0.29, 0.717) is 35.9 Å². The molecule has 9 heteroatoms. The van der Waals surface area contributed by atoms with Crippen LogP contribution < -0.4 is 15.5 Å². The van der Waals surface area contributed by atoms with Gasteiger partial charge in [0.25, 0.3) is 0 Å². The minimum absolute atomic E-state index is 0.125. The van der Waals surface area contributed by atoms with Crippen molar-refractivity contribution in [2.45, 2.75) is 38.7 Å². The first-order chi connectivity index (χ1) is 16.2. The van der Waals surface area contributed by atoms with Crippen molar-refractivity contribution < 1.29 is 19.1 Å². The van der Waals surface area contributed by atoms with Crippen LogP contribution in [0.1, 0.15) is 31.7 Å². The minimum atomic E-state index is -0.549. The van der Waals surface area contributed by atoms with Crippen molar-refractivity contribution in [3.63, 3.8) is 0 Å². The summed E-state index contributed by atoms with van der Waals surface area (Å²) < 4.78 is 5.86. The quantitative estimate of drug-likeness (QED) is 0.655. The third-order valence-corrected chi connectivity index (χ3v) is 6.55. The molecule has 2 N–H and O–H groups in total. The molecule has 2 aromatic rings. The van der Waals surface area contributed by atoms with Crippen LogP contribution in [0, 0.1) is 6.92 Å². The number of halogens is 1. The molecule has 1 spiro atoms. The van der Waals surface area contributed by atoms with Gasteiger partial charge in [-0.15, -0.1) is 0 Å². The molecule has 2 aliphatic heterocycles. The van der Waals surface area contributed by atoms with E-state index in [2.05, 4.69) is 15.5 Å². The highest BCUT2D eigenvalue weighted by Crippen LogP contribution is 2.36. The van der Waals surface area contributed by atoms with Crippen LogP contribution in [0.5, 0.6) is 0 Å². The average Bonchev–Trinajstić information content (AvgIpc) is 2.98. The molecule has 2 aliphatic rings. The van der Waals surface area contributed by atoms with Gasteiger partial charge in [-0.3, -0.25) is 19.4 Å². The Kier molecular flexibility index (Phi) is 7.09. The van der Waals surface area contributed by atoms with Crippen molar-refractivity contribution in [1.82, 2.24) is 4.90 Å². The molecule has 0 radical (unpaired) electrons. The Labute approximate surface area is 204 Å². The number of likely N-dealkylation sites (tertiary alicyclic amines) is 1. The fourth-order valence-electron chi connectivity index (χ4n) is 4.51. The number of ether oxygens (including phenoxy) is 1. The Morgan fingerprint density at radius 3 is 2.59 bits per heavy atom. The molecule has 0 bridgehead atoms. The fourth-order valence-corrected chi connectivity index (χ4v) is 4.64. The maximum absolute atomic E-state index is 12.7. The molecule has 4 rings (SSSR count). The summed E-state index contributed by atoms with van der Waals surface area (Å²) in [5.74, 6) is -0.285. The number of nitrogens with one attached hydrogen (secondary N) is 2. The highest BCUT2D eigenvalue weighted by molar-refractivity contribution is 6.30. The lowest BCUT2D eigenvalue weighted by Gasteiger charge is -2.25. The van der Waals surface area contributed by atoms with Gasteiger partial charge < -0.3 is 15.4 Å². The van der Waals surface area contributed by atoms with Gasteiger partial charge in [0.1, 0.15) is 5.60 Å². The summed E-state index contributed by atoms with van der Waals surface area (Å²) in [4.78, 5) is 40.4. The number of hydrogen-bond acceptors (Lipinski definition) is 5. The largest absolute Gasteiger partial charge is 0.441 e. The zero-order valence-electron chi connectivity index (χ0n) is 19.4. The smallest absolute Gasteiger partial charge is 0.415 e. The molecule has 0 aromatic heterocycles. The van der Waals surface area contributed by atoms with Gasteiger partial charge >= 0.3 is 6.09 Å². The van der Waals surface area contributed by atoms with Gasteiger partial charge in [-0.2, -0.15) is 0 Å². The van der Waals surface area contributed by atoms with E-state index in [1.807, 2.05) is 31.2 Å². The average molecular weight is 485 g/mol. The SMILES string of the molecule is CC(=O)Nc1cc(NC(=O)CN2CCC[C@]3(CC2)CN(c2ccc(Cl)cc2)C(=O)O3)ccc1C. The third kappa shape index (κ3) is 5.69. The maximum Gasteiger partial charge on any atom is 0.415 e. The monoisotopic (exact) mass is 484 g/mol. The maximum atomic E-state index is 12.7. The van der Waals surface area contributed by atoms with Crippen LogP contribution in [-0.4, -0.2) is 54.6 Å². The highest BCUT2D eigenvalue weighted by atomic mass is 35.5. The molecular weight excluding hydrogens is 456 g/mol. The van der Waals surface area contributed by atoms with E-state index in [1.54, 1.807) is 23.1 Å². The van der Waals surface area contributed by atoms with E-state index in [9.17, 15) is 14.4 Å². The van der Waals surface area contributed by atoms with Gasteiger partial charge in [-0.05, 0) is 68.3 Å². The van der Waals surface area contributed by atoms with Crippen LogP contribution in [0.15, 0.2) is 42.5 Å². The van der Waals surface area contributed by atoms with Crippen molar-refractivity contribution in [1.29, 1.82) is 0 Å². The first kappa shape index (κ1) is 24.0. The second-order valence-electron chi connectivity index (χ2n) is 9.00. The Bertz CT molecular complexity index is 1090. The van der Waals surface area contributed by atoms with E-state index in [4.69, 9.17) is 16.3 Å². The third-order valence-electron chi connectivity index (χ3n) is 6.30. The van der Waals surface area contributed by atoms with Crippen LogP contribution in [0.4, 0.5) is 21.9 Å². The Morgan fingerprint density at radius 2 is 1.85 bits per heavy atom. The van der Waals surface area contributed by atoms with Gasteiger partial charge in [0, 0.05) is 42.0 Å². The number of carbonyl (C=O) groups excluding carboxylic acids is 3. The van der Waals surface area contributed by atoms with Crippen molar-refractivity contribution in [3.8, 4) is 0 Å². The number of nitrogens with zero attached hydrogens (tertiary/aromatic N) is 2. The molecular formula is C25H29ClN4O4. The van der Waals surface area contributed by atoms with E-state index < -0.39 is 5.60 Å². The molecule has 0 aliphatic carbocycles. The van der Waals surface area contributed by atoms with E-state index in [1.165, 1.54) is 6.92 Å². The van der Waals surface area contributed by atoms with Crippen molar-refractivity contribution in [2.24, 2.45) is 0 Å². The molecule has 34 heavy (non-hydrogen) atoms. The number of aryl methyl sites for hydroxylation is 1. The Balaban J connectivity index is 1.34. The summed E-state index contributed by atoms with van der Waals surface area (Å²) >= 11 is 5.97. The summed E-state index contributed by atoms with van der Waals surface area (Å²) in [5.41, 5.74) is 2.45. The second kappa shape index (κ2) is 10.0. The molecule has 1 atom stereocenters. The molecule has 0 unspecified atom stereocenters. The van der Waals surface area contributed by atoms with Crippen LogP contribution in [0.3, 0.4) is 0 Å². The van der Waals surface area contributed by atoms with Gasteiger partial charge in [0.15, 0.2) is 0 Å². The molecule has 8 nitrogen and oxygen atoms in total. The Hall–Kier alpha value is -3.10. The molecule has 2 heterocycles. The van der Waals surface area contributed by atoms with Crippen molar-refractivity contribution >= 4 is 46.6 Å². The van der Waals surface area contributed by atoms with E-state index >= 15 is 0 Å². The van der Waals surface area contributed by atoms with Gasteiger partial charge in [-0.1, -0.05) is 17.7 Å². The molecule has 3 amide bonds. The van der Waals surface area contributed by atoms with E-state index in [0.717, 1.165) is 30.6 Å². The van der Waals surface area contributed by atoms with Gasteiger partial charge in [-0.25, -0.2) is 4.79 Å². The lowest BCUT2D eigenvalue weighted by molar-refractivity contribution is -0.117. The first-order valence-electron chi connectivity index (χ1n) is 11.4. The number of rotatable bonds is 5. The Morgan fingerprint density at radius 1 is 1.09 bits per heavy atom. The summed E-state index contributed by atoms with van der Waals surface area (Å²) in [6.45, 7) is 5.48. The molecule has 2 saturated heterocycles. The summed E-state index contributed by atoms with van der Waals surface area (Å²) in [6.07, 6.45) is 1.89. The van der Waals surface area contributed by atoms with Crippen LogP contribution in [0.25, 0.3) is 0 Å². The van der Waals surface area contributed by atoms with Crippen molar-refractivity contribution in [3.05, 3.63) is 53.1 Å². The van der Waals surface area contributed by atoms with Crippen molar-refractivity contribution in [2.75, 3.05) is 41.7 Å². The van der Waals surface area contributed by atoms with Gasteiger partial charge in [0.05, 0.1) is 13.1 Å². The fraction of sp³-hybridized carbons (Fsp3) is 0.400. The van der Waals surface area contributed by atoms with E-state index in [-0.39, 0.29) is 24.5 Å². The second-order valence-corrected chi connectivity index (χ2v) is 9.44. The first-order valence-corrected chi connectivity index (χ1v) is 11.8. The highest BCUT2D eigenvalue weighted by Gasteiger charge is 2.46. The molecule has 2 aromatic carbocycles. The predicted molar refractivity (Wildman–Crippen MR) is 132 cm³/mol. The number of hydrogen-bond donors (Lipinski definition) is 2. The minimum Gasteiger partial charge on any atom is -0.441 e. The molecule has 180 valence electrons. The summed E-state index contributed by atoms with van der Waals surface area (Å²) in [5, 5.41) is 6.31. The summed E-state index contributed by atoms with van der Waals surface area (Å²) in [7, 11) is 0. The number of anilines is 3. The zero-order valence-corrected chi connectivity index (χ0v) is 20.2. The van der Waals surface area contributed by atoms with Crippen LogP contribution >= 0.6 is 11.6 Å². The molecule has 0 saturated carbocycles. The molecule has 2 fully saturated rings. The number of carbonyl (C=O) groups is 3. The normalized spacial score (nSPS) is 20.7. The lowest BCUT2D eigenvalue weighted by Crippen LogP contribution is -2.37. The zero-order chi connectivity index (χ0) is 24.3.